The summed E-state index contributed by atoms with van der Waals surface area (Å²) in [6, 6.07) is 0. The molecule has 3 heteroatoms. The molecule has 2 aliphatic rings. The lowest BCUT2D eigenvalue weighted by Gasteiger charge is -2.37. The minimum Gasteiger partial charge on any atom is -0.414 e. The van der Waals surface area contributed by atoms with Gasteiger partial charge in [0.05, 0.1) is 6.61 Å². The molecule has 0 aromatic rings. The van der Waals surface area contributed by atoms with E-state index in [1.165, 1.54) is 32.1 Å². The Morgan fingerprint density at radius 2 is 1.65 bits per heavy atom. The molecule has 1 saturated carbocycles. The van der Waals surface area contributed by atoms with Crippen molar-refractivity contribution in [3.05, 3.63) is 0 Å². The highest BCUT2D eigenvalue weighted by atomic mass is 28.4. The van der Waals surface area contributed by atoms with Gasteiger partial charge in [0.1, 0.15) is 11.2 Å². The first kappa shape index (κ1) is 16.5. The number of hydrogen-bond donors (Lipinski definition) is 0. The van der Waals surface area contributed by atoms with Crippen molar-refractivity contribution in [2.24, 2.45) is 5.92 Å². The molecule has 0 bridgehead atoms. The highest BCUT2D eigenvalue weighted by Gasteiger charge is 2.67. The van der Waals surface area contributed by atoms with Crippen molar-refractivity contribution in [1.82, 2.24) is 0 Å². The molecule has 1 aliphatic carbocycles. The number of ether oxygens (including phenoxy) is 1. The quantitative estimate of drug-likeness (QED) is 0.530. The van der Waals surface area contributed by atoms with Gasteiger partial charge >= 0.3 is 0 Å². The third kappa shape index (κ3) is 2.86. The summed E-state index contributed by atoms with van der Waals surface area (Å²) in [5.41, 5.74) is 0.0142. The van der Waals surface area contributed by atoms with Crippen LogP contribution in [0.3, 0.4) is 0 Å². The molecular weight excluding hydrogens is 264 g/mol. The Morgan fingerprint density at radius 1 is 1.10 bits per heavy atom. The maximum atomic E-state index is 6.42. The van der Waals surface area contributed by atoms with E-state index in [1.54, 1.807) is 0 Å². The van der Waals surface area contributed by atoms with Gasteiger partial charge in [0.2, 0.25) is 0 Å². The van der Waals surface area contributed by atoms with Crippen molar-refractivity contribution in [2.75, 3.05) is 6.61 Å². The van der Waals surface area contributed by atoms with E-state index in [0.717, 1.165) is 12.5 Å². The fraction of sp³-hybridized carbons (Fsp3) is 1.00. The van der Waals surface area contributed by atoms with Gasteiger partial charge < -0.3 is 9.16 Å². The van der Waals surface area contributed by atoms with Crippen LogP contribution in [0, 0.1) is 5.92 Å². The van der Waals surface area contributed by atoms with Crippen molar-refractivity contribution < 1.29 is 9.16 Å². The lowest BCUT2D eigenvalue weighted by atomic mass is 9.76. The van der Waals surface area contributed by atoms with E-state index in [9.17, 15) is 0 Å². The Kier molecular flexibility index (Phi) is 4.21. The molecule has 20 heavy (non-hydrogen) atoms. The van der Waals surface area contributed by atoms with Gasteiger partial charge in [-0.05, 0) is 50.7 Å². The number of rotatable bonds is 4. The van der Waals surface area contributed by atoms with E-state index in [1.807, 2.05) is 0 Å². The molecule has 0 radical (unpaired) electrons. The lowest BCUT2D eigenvalue weighted by molar-refractivity contribution is 0.172. The Balaban J connectivity index is 1.94. The molecule has 1 saturated heterocycles. The van der Waals surface area contributed by atoms with Gasteiger partial charge in [-0.15, -0.1) is 0 Å². The Morgan fingerprint density at radius 3 is 2.15 bits per heavy atom. The van der Waals surface area contributed by atoms with Crippen LogP contribution >= 0.6 is 0 Å². The molecular formula is C17H34O2Si. The van der Waals surface area contributed by atoms with Crippen LogP contribution in [0.5, 0.6) is 0 Å². The summed E-state index contributed by atoms with van der Waals surface area (Å²) in [7, 11) is -1.67. The summed E-state index contributed by atoms with van der Waals surface area (Å²) < 4.78 is 12.7. The highest BCUT2D eigenvalue weighted by molar-refractivity contribution is 6.74. The van der Waals surface area contributed by atoms with Gasteiger partial charge in [-0.2, -0.15) is 0 Å². The van der Waals surface area contributed by atoms with Crippen molar-refractivity contribution in [3.8, 4) is 0 Å². The highest BCUT2D eigenvalue weighted by Crippen LogP contribution is 2.56. The smallest absolute Gasteiger partial charge is 0.192 e. The van der Waals surface area contributed by atoms with Gasteiger partial charge in [0, 0.05) is 0 Å². The van der Waals surface area contributed by atoms with Crippen molar-refractivity contribution >= 4 is 8.32 Å². The summed E-state index contributed by atoms with van der Waals surface area (Å²) in [4.78, 5) is 0. The van der Waals surface area contributed by atoms with Crippen LogP contribution in [0.2, 0.25) is 18.1 Å². The summed E-state index contributed by atoms with van der Waals surface area (Å²) >= 11 is 0. The zero-order valence-electron chi connectivity index (χ0n) is 14.6. The Labute approximate surface area is 126 Å². The SMILES string of the molecule is CC(C)(C)[Si](C)(C)OC[C@]1(C)O[C@]1(C)C1CCCCC1. The molecule has 0 amide bonds. The van der Waals surface area contributed by atoms with Crippen LogP contribution < -0.4 is 0 Å². The van der Waals surface area contributed by atoms with Gasteiger partial charge in [-0.3, -0.25) is 0 Å². The van der Waals surface area contributed by atoms with E-state index >= 15 is 0 Å². The largest absolute Gasteiger partial charge is 0.414 e. The van der Waals surface area contributed by atoms with E-state index < -0.39 is 8.32 Å². The molecule has 0 aromatic carbocycles. The first-order chi connectivity index (χ1) is 9.02. The molecule has 2 nitrogen and oxygen atoms in total. The standard InChI is InChI=1S/C17H34O2Si/c1-15(2,3)20(6,7)18-13-16(4)17(5,19-16)14-11-9-8-10-12-14/h14H,8-13H2,1-7H3/t16-,17+/m0/s1. The lowest BCUT2D eigenvalue weighted by Crippen LogP contribution is -2.44. The molecule has 2 rings (SSSR count). The summed E-state index contributed by atoms with van der Waals surface area (Å²) in [5, 5.41) is 0.277. The molecule has 0 spiro atoms. The van der Waals surface area contributed by atoms with Crippen molar-refractivity contribution in [2.45, 2.75) is 96.1 Å². The van der Waals surface area contributed by atoms with Gasteiger partial charge in [0.15, 0.2) is 8.32 Å². The predicted molar refractivity (Wildman–Crippen MR) is 87.6 cm³/mol. The third-order valence-corrected chi connectivity index (χ3v) is 10.8. The summed E-state index contributed by atoms with van der Waals surface area (Å²) in [5.74, 6) is 0.740. The van der Waals surface area contributed by atoms with E-state index in [-0.39, 0.29) is 16.2 Å². The maximum absolute atomic E-state index is 6.42. The predicted octanol–water partition coefficient (Wildman–Crippen LogP) is 5.14. The van der Waals surface area contributed by atoms with Gasteiger partial charge in [-0.25, -0.2) is 0 Å². The molecule has 1 heterocycles. The second-order valence-electron chi connectivity index (χ2n) is 8.82. The molecule has 2 fully saturated rings. The van der Waals surface area contributed by atoms with Gasteiger partial charge in [-0.1, -0.05) is 40.0 Å². The minimum absolute atomic E-state index is 0.0511. The fourth-order valence-corrected chi connectivity index (χ4v) is 4.39. The van der Waals surface area contributed by atoms with Crippen LogP contribution in [0.15, 0.2) is 0 Å². The van der Waals surface area contributed by atoms with E-state index in [2.05, 4.69) is 47.7 Å². The normalized spacial score (nSPS) is 36.1. The molecule has 2 atom stereocenters. The molecule has 0 N–H and O–H groups in total. The molecule has 118 valence electrons. The average molecular weight is 299 g/mol. The van der Waals surface area contributed by atoms with Crippen molar-refractivity contribution in [3.63, 3.8) is 0 Å². The molecule has 1 aliphatic heterocycles. The van der Waals surface area contributed by atoms with Crippen LogP contribution in [0.1, 0.15) is 66.7 Å². The third-order valence-electron chi connectivity index (χ3n) is 6.34. The van der Waals surface area contributed by atoms with E-state index in [0.29, 0.717) is 0 Å². The monoisotopic (exact) mass is 298 g/mol. The van der Waals surface area contributed by atoms with Gasteiger partial charge in [0.25, 0.3) is 0 Å². The van der Waals surface area contributed by atoms with Crippen LogP contribution in [-0.2, 0) is 9.16 Å². The Bertz CT molecular complexity index is 354. The summed E-state index contributed by atoms with van der Waals surface area (Å²) in [6.07, 6.45) is 6.84. The van der Waals surface area contributed by atoms with Crippen LogP contribution in [0.4, 0.5) is 0 Å². The topological polar surface area (TPSA) is 21.8 Å². The summed E-state index contributed by atoms with van der Waals surface area (Å²) in [6.45, 7) is 16.9. The zero-order chi connectivity index (χ0) is 15.2. The first-order valence-corrected chi connectivity index (χ1v) is 11.3. The zero-order valence-corrected chi connectivity index (χ0v) is 15.6. The Hall–Kier alpha value is 0.137. The van der Waals surface area contributed by atoms with Crippen LogP contribution in [0.25, 0.3) is 0 Å². The molecule has 0 unspecified atom stereocenters. The second-order valence-corrected chi connectivity index (χ2v) is 13.6. The second kappa shape index (κ2) is 5.10. The number of hydrogen-bond acceptors (Lipinski definition) is 2. The van der Waals surface area contributed by atoms with Crippen molar-refractivity contribution in [1.29, 1.82) is 0 Å². The first-order valence-electron chi connectivity index (χ1n) is 8.36. The fourth-order valence-electron chi connectivity index (χ4n) is 3.32. The number of epoxide rings is 1. The maximum Gasteiger partial charge on any atom is 0.192 e. The molecule has 0 aromatic heterocycles. The average Bonchev–Trinajstić information content (AvgIpc) is 2.92. The minimum atomic E-state index is -1.67. The van der Waals surface area contributed by atoms with Crippen LogP contribution in [-0.4, -0.2) is 26.1 Å². The van der Waals surface area contributed by atoms with E-state index in [4.69, 9.17) is 9.16 Å².